The summed E-state index contributed by atoms with van der Waals surface area (Å²) in [6.07, 6.45) is 4.40. The van der Waals surface area contributed by atoms with Crippen LogP contribution in [0.4, 0.5) is 4.39 Å². The van der Waals surface area contributed by atoms with Gasteiger partial charge in [0.05, 0.1) is 5.69 Å². The highest BCUT2D eigenvalue weighted by Gasteiger charge is 2.26. The second-order valence-electron chi connectivity index (χ2n) is 7.33. The molecule has 2 aromatic carbocycles. The molecule has 6 nitrogen and oxygen atoms in total. The zero-order valence-electron chi connectivity index (χ0n) is 16.7. The van der Waals surface area contributed by atoms with E-state index in [1.807, 2.05) is 19.1 Å². The minimum Gasteiger partial charge on any atom is -0.267 e. The fourth-order valence-electron chi connectivity index (χ4n) is 3.71. The molecule has 1 aliphatic carbocycles. The molecule has 154 valence electrons. The Hall–Kier alpha value is -3.48. The highest BCUT2D eigenvalue weighted by molar-refractivity contribution is 5.99. The largest absolute Gasteiger partial charge is 0.290 e. The van der Waals surface area contributed by atoms with Crippen molar-refractivity contribution in [3.63, 3.8) is 0 Å². The van der Waals surface area contributed by atoms with Crippen molar-refractivity contribution in [1.29, 1.82) is 0 Å². The first kappa shape index (κ1) is 19.8. The maximum Gasteiger partial charge on any atom is 0.290 e. The van der Waals surface area contributed by atoms with Crippen LogP contribution in [-0.2, 0) is 19.3 Å². The van der Waals surface area contributed by atoms with E-state index in [1.165, 1.54) is 12.1 Å². The van der Waals surface area contributed by atoms with Crippen LogP contribution in [0.1, 0.15) is 57.4 Å². The van der Waals surface area contributed by atoms with Gasteiger partial charge in [-0.3, -0.25) is 20.4 Å². The van der Waals surface area contributed by atoms with Crippen LogP contribution in [0.3, 0.4) is 0 Å². The summed E-state index contributed by atoms with van der Waals surface area (Å²) >= 11 is 0. The molecular weight excluding hydrogens is 383 g/mol. The van der Waals surface area contributed by atoms with Crippen molar-refractivity contribution in [3.8, 4) is 5.69 Å². The first-order chi connectivity index (χ1) is 14.6. The summed E-state index contributed by atoms with van der Waals surface area (Å²) in [6.45, 7) is 2.04. The zero-order chi connectivity index (χ0) is 21.1. The summed E-state index contributed by atoms with van der Waals surface area (Å²) < 4.78 is 15.0. The molecule has 0 saturated heterocycles. The van der Waals surface area contributed by atoms with E-state index in [-0.39, 0.29) is 11.5 Å². The third kappa shape index (κ3) is 3.96. The molecule has 0 spiro atoms. The van der Waals surface area contributed by atoms with Crippen LogP contribution in [0, 0.1) is 5.82 Å². The van der Waals surface area contributed by atoms with Gasteiger partial charge in [-0.1, -0.05) is 19.1 Å². The van der Waals surface area contributed by atoms with Gasteiger partial charge in [0.2, 0.25) is 0 Å². The Bertz CT molecular complexity index is 1070. The van der Waals surface area contributed by atoms with Crippen molar-refractivity contribution >= 4 is 11.8 Å². The summed E-state index contributed by atoms with van der Waals surface area (Å²) in [6, 6.07) is 13.2. The van der Waals surface area contributed by atoms with E-state index in [2.05, 4.69) is 16.0 Å². The van der Waals surface area contributed by atoms with Crippen molar-refractivity contribution in [2.75, 3.05) is 0 Å². The Kier molecular flexibility index (Phi) is 5.61. The third-order valence-electron chi connectivity index (χ3n) is 5.38. The number of rotatable bonds is 4. The van der Waals surface area contributed by atoms with E-state index < -0.39 is 11.8 Å². The maximum absolute atomic E-state index is 13.3. The summed E-state index contributed by atoms with van der Waals surface area (Å²) in [5.41, 5.74) is 9.36. The SMILES string of the molecule is CCc1ccc(C(=O)NNC(=O)c2nn(-c3ccc(F)cc3)c3c2CCCC3)cc1. The Balaban J connectivity index is 1.53. The molecule has 1 aromatic heterocycles. The molecule has 0 unspecified atom stereocenters. The molecule has 7 heteroatoms. The lowest BCUT2D eigenvalue weighted by Crippen LogP contribution is -2.42. The van der Waals surface area contributed by atoms with E-state index in [0.29, 0.717) is 11.3 Å². The predicted octanol–water partition coefficient (Wildman–Crippen LogP) is 3.53. The average Bonchev–Trinajstić information content (AvgIpc) is 3.17. The van der Waals surface area contributed by atoms with Crippen molar-refractivity contribution < 1.29 is 14.0 Å². The van der Waals surface area contributed by atoms with E-state index in [4.69, 9.17) is 0 Å². The molecule has 3 aromatic rings. The van der Waals surface area contributed by atoms with Gasteiger partial charge in [-0.25, -0.2) is 9.07 Å². The number of hydrogen-bond acceptors (Lipinski definition) is 3. The Morgan fingerprint density at radius 1 is 0.967 bits per heavy atom. The van der Waals surface area contributed by atoms with Crippen LogP contribution in [0.2, 0.25) is 0 Å². The lowest BCUT2D eigenvalue weighted by Gasteiger charge is -2.14. The second-order valence-corrected chi connectivity index (χ2v) is 7.33. The molecule has 1 aliphatic rings. The number of amides is 2. The first-order valence-electron chi connectivity index (χ1n) is 10.1. The van der Waals surface area contributed by atoms with Crippen molar-refractivity contribution in [3.05, 3.63) is 82.4 Å². The molecule has 4 rings (SSSR count). The molecule has 0 fully saturated rings. The molecule has 0 bridgehead atoms. The number of halogens is 1. The summed E-state index contributed by atoms with van der Waals surface area (Å²) in [7, 11) is 0. The smallest absolute Gasteiger partial charge is 0.267 e. The number of carbonyl (C=O) groups is 2. The highest BCUT2D eigenvalue weighted by Crippen LogP contribution is 2.27. The minimum atomic E-state index is -0.465. The van der Waals surface area contributed by atoms with Crippen LogP contribution in [0.25, 0.3) is 5.69 Å². The van der Waals surface area contributed by atoms with Gasteiger partial charge in [-0.2, -0.15) is 5.10 Å². The molecular formula is C23H23FN4O2. The topological polar surface area (TPSA) is 76.0 Å². The minimum absolute atomic E-state index is 0.288. The highest BCUT2D eigenvalue weighted by atomic mass is 19.1. The second kappa shape index (κ2) is 8.49. The van der Waals surface area contributed by atoms with Crippen molar-refractivity contribution in [1.82, 2.24) is 20.6 Å². The lowest BCUT2D eigenvalue weighted by molar-refractivity contribution is 0.0843. The van der Waals surface area contributed by atoms with Crippen LogP contribution in [0.15, 0.2) is 48.5 Å². The number of nitrogens with zero attached hydrogens (tertiary/aromatic N) is 2. The van der Waals surface area contributed by atoms with Crippen molar-refractivity contribution in [2.24, 2.45) is 0 Å². The number of benzene rings is 2. The summed E-state index contributed by atoms with van der Waals surface area (Å²) in [5.74, 6) is -1.18. The summed E-state index contributed by atoms with van der Waals surface area (Å²) in [5, 5.41) is 4.50. The van der Waals surface area contributed by atoms with E-state index in [9.17, 15) is 14.0 Å². The normalized spacial score (nSPS) is 12.9. The molecule has 0 radical (unpaired) electrons. The van der Waals surface area contributed by atoms with Crippen molar-refractivity contribution in [2.45, 2.75) is 39.0 Å². The Morgan fingerprint density at radius 3 is 2.33 bits per heavy atom. The number of aryl methyl sites for hydroxylation is 1. The van der Waals surface area contributed by atoms with Crippen LogP contribution < -0.4 is 10.9 Å². The Morgan fingerprint density at radius 2 is 1.63 bits per heavy atom. The monoisotopic (exact) mass is 406 g/mol. The maximum atomic E-state index is 13.3. The molecule has 0 atom stereocenters. The van der Waals surface area contributed by atoms with E-state index in [1.54, 1.807) is 28.9 Å². The van der Waals surface area contributed by atoms with Crippen LogP contribution in [-0.4, -0.2) is 21.6 Å². The van der Waals surface area contributed by atoms with Gasteiger partial charge in [-0.15, -0.1) is 0 Å². The first-order valence-corrected chi connectivity index (χ1v) is 10.1. The van der Waals surface area contributed by atoms with Crippen LogP contribution >= 0.6 is 0 Å². The Labute approximate surface area is 174 Å². The van der Waals surface area contributed by atoms with Gasteiger partial charge < -0.3 is 0 Å². The zero-order valence-corrected chi connectivity index (χ0v) is 16.7. The number of carbonyl (C=O) groups excluding carboxylic acids is 2. The van der Waals surface area contributed by atoms with E-state index in [0.717, 1.165) is 48.9 Å². The standard InChI is InChI=1S/C23H23FN4O2/c1-2-15-7-9-16(10-8-15)22(29)25-26-23(30)21-19-5-3-4-6-20(19)28(27-21)18-13-11-17(24)12-14-18/h7-14H,2-6H2,1H3,(H,25,29)(H,26,30). The number of fused-ring (bicyclic) bond motifs is 1. The van der Waals surface area contributed by atoms with E-state index >= 15 is 0 Å². The quantitative estimate of drug-likeness (QED) is 0.651. The number of hydrazine groups is 1. The van der Waals surface area contributed by atoms with Gasteiger partial charge in [0.1, 0.15) is 5.82 Å². The lowest BCUT2D eigenvalue weighted by atomic mass is 9.95. The average molecular weight is 406 g/mol. The summed E-state index contributed by atoms with van der Waals surface area (Å²) in [4.78, 5) is 25.1. The fourth-order valence-corrected chi connectivity index (χ4v) is 3.71. The molecule has 0 saturated carbocycles. The van der Waals surface area contributed by atoms with Gasteiger partial charge >= 0.3 is 0 Å². The number of aromatic nitrogens is 2. The molecule has 2 amide bonds. The van der Waals surface area contributed by atoms with Gasteiger partial charge in [0.25, 0.3) is 11.8 Å². The molecule has 2 N–H and O–H groups in total. The molecule has 0 aliphatic heterocycles. The van der Waals surface area contributed by atoms with Gasteiger partial charge in [0, 0.05) is 16.8 Å². The predicted molar refractivity (Wildman–Crippen MR) is 111 cm³/mol. The van der Waals surface area contributed by atoms with Crippen LogP contribution in [0.5, 0.6) is 0 Å². The molecule has 30 heavy (non-hydrogen) atoms. The van der Waals surface area contributed by atoms with Gasteiger partial charge in [0.15, 0.2) is 5.69 Å². The fraction of sp³-hybridized carbons (Fsp3) is 0.261. The van der Waals surface area contributed by atoms with Gasteiger partial charge in [-0.05, 0) is 74.1 Å². The number of nitrogens with one attached hydrogen (secondary N) is 2. The number of hydrogen-bond donors (Lipinski definition) is 2. The molecule has 1 heterocycles. The third-order valence-corrected chi connectivity index (χ3v) is 5.38.